The summed E-state index contributed by atoms with van der Waals surface area (Å²) < 4.78 is 4.65. The molecule has 1 spiro atoms. The maximum absolute atomic E-state index is 11.0. The molecule has 3 rings (SSSR count). The van der Waals surface area contributed by atoms with E-state index in [1.54, 1.807) is 4.31 Å². The molecule has 5 heteroatoms. The van der Waals surface area contributed by atoms with Crippen molar-refractivity contribution < 1.29 is 9.90 Å². The molecule has 1 heterocycles. The Bertz CT molecular complexity index is 269. The van der Waals surface area contributed by atoms with Gasteiger partial charge < -0.3 is 5.11 Å². The van der Waals surface area contributed by atoms with E-state index in [0.29, 0.717) is 5.92 Å². The number of amides is 1. The number of hydrogen-bond donors (Lipinski definition) is 2. The predicted octanol–water partition coefficient (Wildman–Crippen LogP) is 1.30. The molecule has 13 heavy (non-hydrogen) atoms. The second-order valence-electron chi connectivity index (χ2n) is 4.23. The van der Waals surface area contributed by atoms with Crippen molar-refractivity contribution in [2.24, 2.45) is 11.8 Å². The van der Waals surface area contributed by atoms with E-state index in [1.165, 1.54) is 25.0 Å². The highest BCUT2D eigenvalue weighted by atomic mass is 32.2. The van der Waals surface area contributed by atoms with Crippen molar-refractivity contribution >= 4 is 18.2 Å². The van der Waals surface area contributed by atoms with Gasteiger partial charge in [-0.25, -0.2) is 13.8 Å². The molecule has 0 bridgehead atoms. The first-order chi connectivity index (χ1) is 6.24. The highest BCUT2D eigenvalue weighted by molar-refractivity contribution is 7.95. The number of fused-ring (bicyclic) bond motifs is 2. The van der Waals surface area contributed by atoms with Gasteiger partial charge in [-0.1, -0.05) is 0 Å². The van der Waals surface area contributed by atoms with Crippen molar-refractivity contribution in [3.05, 3.63) is 0 Å². The maximum Gasteiger partial charge on any atom is 0.418 e. The molecule has 2 aliphatic carbocycles. The molecule has 1 aliphatic heterocycles. The number of nitrogens with one attached hydrogen (secondary N) is 1. The molecule has 2 N–H and O–H groups in total. The highest BCUT2D eigenvalue weighted by Gasteiger charge is 2.63. The number of rotatable bonds is 0. The molecular weight excluding hydrogens is 188 g/mol. The van der Waals surface area contributed by atoms with Crippen LogP contribution in [0.25, 0.3) is 0 Å². The summed E-state index contributed by atoms with van der Waals surface area (Å²) in [6.45, 7) is 0.838. The van der Waals surface area contributed by atoms with Gasteiger partial charge in [0.25, 0.3) is 0 Å². The van der Waals surface area contributed by atoms with Crippen LogP contribution in [-0.2, 0) is 0 Å². The minimum absolute atomic E-state index is 0.0544. The lowest BCUT2D eigenvalue weighted by Crippen LogP contribution is -2.46. The molecule has 3 fully saturated rings. The van der Waals surface area contributed by atoms with Crippen molar-refractivity contribution in [1.29, 1.82) is 0 Å². The summed E-state index contributed by atoms with van der Waals surface area (Å²) in [6.07, 6.45) is 2.72. The molecule has 0 aromatic heterocycles. The number of carbonyl (C=O) groups is 1. The van der Waals surface area contributed by atoms with Gasteiger partial charge >= 0.3 is 6.09 Å². The molecule has 3 unspecified atom stereocenters. The van der Waals surface area contributed by atoms with Crippen molar-refractivity contribution in [2.75, 3.05) is 6.54 Å². The van der Waals surface area contributed by atoms with Gasteiger partial charge in [-0.15, -0.1) is 0 Å². The third-order valence-electron chi connectivity index (χ3n) is 3.67. The van der Waals surface area contributed by atoms with Crippen molar-refractivity contribution in [2.45, 2.75) is 24.8 Å². The zero-order valence-electron chi connectivity index (χ0n) is 7.19. The first kappa shape index (κ1) is 7.94. The monoisotopic (exact) mass is 200 g/mol. The molecule has 1 saturated heterocycles. The minimum atomic E-state index is -0.789. The molecular formula is C8H12N2O2S. The molecule has 3 aliphatic rings. The normalized spacial score (nSPS) is 46.9. The van der Waals surface area contributed by atoms with Gasteiger partial charge in [0.1, 0.15) is 0 Å². The Balaban J connectivity index is 1.92. The molecule has 72 valence electrons. The van der Waals surface area contributed by atoms with E-state index < -0.39 is 6.09 Å². The third-order valence-corrected chi connectivity index (χ3v) is 4.65. The van der Waals surface area contributed by atoms with Gasteiger partial charge in [-0.2, -0.15) is 0 Å². The van der Waals surface area contributed by atoms with Gasteiger partial charge in [0.2, 0.25) is 0 Å². The summed E-state index contributed by atoms with van der Waals surface area (Å²) >= 11 is 1.26. The summed E-state index contributed by atoms with van der Waals surface area (Å²) in [4.78, 5) is 11.0. The second-order valence-corrected chi connectivity index (χ2v) is 5.07. The fourth-order valence-electron chi connectivity index (χ4n) is 2.93. The van der Waals surface area contributed by atoms with Gasteiger partial charge in [-0.3, -0.25) is 0 Å². The lowest BCUT2D eigenvalue weighted by molar-refractivity contribution is 0.135. The lowest BCUT2D eigenvalue weighted by atomic mass is 9.93. The van der Waals surface area contributed by atoms with Crippen LogP contribution in [0.2, 0.25) is 0 Å². The van der Waals surface area contributed by atoms with Gasteiger partial charge in [0.15, 0.2) is 0 Å². The van der Waals surface area contributed by atoms with Crippen LogP contribution in [0.5, 0.6) is 0 Å². The number of hydrogen-bond acceptors (Lipinski definition) is 3. The Hall–Kier alpha value is -0.420. The highest BCUT2D eigenvalue weighted by Crippen LogP contribution is 2.61. The SMILES string of the molecule is O=C(O)N1SNCC12CCC1CC12. The number of carboxylic acid groups (broad SMARTS) is 1. The van der Waals surface area contributed by atoms with E-state index in [-0.39, 0.29) is 5.54 Å². The van der Waals surface area contributed by atoms with Crippen LogP contribution in [-0.4, -0.2) is 27.6 Å². The Labute approximate surface area is 80.9 Å². The van der Waals surface area contributed by atoms with Gasteiger partial charge in [0, 0.05) is 18.7 Å². The zero-order valence-corrected chi connectivity index (χ0v) is 8.01. The summed E-state index contributed by atoms with van der Waals surface area (Å²) in [7, 11) is 0. The topological polar surface area (TPSA) is 52.6 Å². The Morgan fingerprint density at radius 2 is 2.54 bits per heavy atom. The van der Waals surface area contributed by atoms with E-state index in [1.807, 2.05) is 0 Å². The van der Waals surface area contributed by atoms with Gasteiger partial charge in [-0.05, 0) is 31.1 Å². The van der Waals surface area contributed by atoms with Crippen LogP contribution in [0, 0.1) is 11.8 Å². The zero-order chi connectivity index (χ0) is 9.05. The third kappa shape index (κ3) is 0.889. The maximum atomic E-state index is 11.0. The quantitative estimate of drug-likeness (QED) is 0.579. The molecule has 0 aromatic rings. The van der Waals surface area contributed by atoms with Crippen LogP contribution < -0.4 is 4.72 Å². The van der Waals surface area contributed by atoms with Crippen LogP contribution in [0.15, 0.2) is 0 Å². The molecule has 3 atom stereocenters. The first-order valence-corrected chi connectivity index (χ1v) is 5.44. The Kier molecular flexibility index (Phi) is 1.42. The fraction of sp³-hybridized carbons (Fsp3) is 0.875. The van der Waals surface area contributed by atoms with E-state index in [4.69, 9.17) is 5.11 Å². The average Bonchev–Trinajstić information content (AvgIpc) is 2.65. The summed E-state index contributed by atoms with van der Waals surface area (Å²) in [5.41, 5.74) is -0.0544. The molecule has 1 amide bonds. The summed E-state index contributed by atoms with van der Waals surface area (Å²) in [6, 6.07) is 0. The molecule has 4 nitrogen and oxygen atoms in total. The lowest BCUT2D eigenvalue weighted by Gasteiger charge is -2.31. The van der Waals surface area contributed by atoms with Crippen LogP contribution in [0.3, 0.4) is 0 Å². The van der Waals surface area contributed by atoms with E-state index in [2.05, 4.69) is 4.72 Å². The summed E-state index contributed by atoms with van der Waals surface area (Å²) in [5.74, 6) is 1.47. The Morgan fingerprint density at radius 1 is 1.69 bits per heavy atom. The Morgan fingerprint density at radius 3 is 3.08 bits per heavy atom. The van der Waals surface area contributed by atoms with Crippen molar-refractivity contribution in [3.63, 3.8) is 0 Å². The minimum Gasteiger partial charge on any atom is -0.464 e. The second kappa shape index (κ2) is 2.33. The van der Waals surface area contributed by atoms with Crippen LogP contribution in [0.4, 0.5) is 4.79 Å². The smallest absolute Gasteiger partial charge is 0.418 e. The van der Waals surface area contributed by atoms with Crippen molar-refractivity contribution in [3.8, 4) is 0 Å². The summed E-state index contributed by atoms with van der Waals surface area (Å²) in [5, 5.41) is 9.04. The number of nitrogens with zero attached hydrogens (tertiary/aromatic N) is 1. The molecule has 2 saturated carbocycles. The predicted molar refractivity (Wildman–Crippen MR) is 49.0 cm³/mol. The molecule has 0 aromatic carbocycles. The fourth-order valence-corrected chi connectivity index (χ4v) is 3.93. The van der Waals surface area contributed by atoms with Crippen molar-refractivity contribution in [1.82, 2.24) is 9.03 Å². The molecule has 0 radical (unpaired) electrons. The average molecular weight is 200 g/mol. The van der Waals surface area contributed by atoms with E-state index in [0.717, 1.165) is 18.9 Å². The van der Waals surface area contributed by atoms with E-state index >= 15 is 0 Å². The first-order valence-electron chi connectivity index (χ1n) is 4.67. The largest absolute Gasteiger partial charge is 0.464 e. The van der Waals surface area contributed by atoms with E-state index in [9.17, 15) is 4.79 Å². The van der Waals surface area contributed by atoms with Gasteiger partial charge in [0.05, 0.1) is 5.54 Å². The van der Waals surface area contributed by atoms with Crippen LogP contribution >= 0.6 is 12.1 Å². The standard InChI is InChI=1S/C8H12N2O2S/c11-7(12)10-8(4-9-13-10)2-1-5-3-6(5)8/h5-6,9H,1-4H2,(H,11,12). The van der Waals surface area contributed by atoms with Crippen LogP contribution in [0.1, 0.15) is 19.3 Å².